The van der Waals surface area contributed by atoms with Crippen LogP contribution in [0.2, 0.25) is 10.0 Å². The second-order valence-corrected chi connectivity index (χ2v) is 5.43. The van der Waals surface area contributed by atoms with Crippen LogP contribution in [-0.4, -0.2) is 18.6 Å². The molecule has 2 aromatic rings. The van der Waals surface area contributed by atoms with E-state index in [0.717, 1.165) is 24.2 Å². The molecule has 0 radical (unpaired) electrons. The first-order valence-electron chi connectivity index (χ1n) is 6.85. The maximum absolute atomic E-state index is 6.36. The number of nitrogens with one attached hydrogen (secondary N) is 1. The fraction of sp³-hybridized carbons (Fsp3) is 0.312. The second kappa shape index (κ2) is 7.64. The minimum absolute atomic E-state index is 0.206. The van der Waals surface area contributed by atoms with Crippen molar-refractivity contribution in [3.05, 3.63) is 57.8 Å². The molecule has 0 spiro atoms. The summed E-state index contributed by atoms with van der Waals surface area (Å²) >= 11 is 12.7. The van der Waals surface area contributed by atoms with Crippen LogP contribution >= 0.6 is 23.2 Å². The van der Waals surface area contributed by atoms with Crippen molar-refractivity contribution >= 4 is 23.2 Å². The molecule has 0 aliphatic heterocycles. The molecular formula is C16H18Cl2N2O. The summed E-state index contributed by atoms with van der Waals surface area (Å²) in [6, 6.07) is 9.02. The third-order valence-corrected chi connectivity index (χ3v) is 3.84. The highest BCUT2D eigenvalue weighted by molar-refractivity contribution is 6.36. The molecule has 3 nitrogen and oxygen atoms in total. The van der Waals surface area contributed by atoms with Gasteiger partial charge in [-0.05, 0) is 37.2 Å². The molecule has 0 saturated carbocycles. The van der Waals surface area contributed by atoms with Gasteiger partial charge in [0, 0.05) is 21.8 Å². The van der Waals surface area contributed by atoms with Crippen molar-refractivity contribution in [1.29, 1.82) is 0 Å². The zero-order valence-corrected chi connectivity index (χ0v) is 13.6. The maximum atomic E-state index is 6.36. The quantitative estimate of drug-likeness (QED) is 0.850. The second-order valence-electron chi connectivity index (χ2n) is 4.61. The van der Waals surface area contributed by atoms with E-state index < -0.39 is 0 Å². The third kappa shape index (κ3) is 3.67. The summed E-state index contributed by atoms with van der Waals surface area (Å²) in [5.74, 6) is 0.710. The van der Waals surface area contributed by atoms with Gasteiger partial charge in [-0.1, -0.05) is 36.2 Å². The standard InChI is InChI=1S/C16H18Cl2N2O/c1-3-9-19-16(14-11(17)6-4-7-12(14)18)15-13(21-2)8-5-10-20-15/h4-8,10,16,19H,3,9H2,1-2H3. The molecule has 21 heavy (non-hydrogen) atoms. The monoisotopic (exact) mass is 324 g/mol. The van der Waals surface area contributed by atoms with Crippen LogP contribution in [-0.2, 0) is 0 Å². The fourth-order valence-corrected chi connectivity index (χ4v) is 2.82. The molecule has 2 rings (SSSR count). The van der Waals surface area contributed by atoms with Crippen molar-refractivity contribution in [2.75, 3.05) is 13.7 Å². The summed E-state index contributed by atoms with van der Waals surface area (Å²) in [6.45, 7) is 2.93. The highest BCUT2D eigenvalue weighted by Gasteiger charge is 2.23. The number of pyridine rings is 1. The van der Waals surface area contributed by atoms with Crippen molar-refractivity contribution in [3.63, 3.8) is 0 Å². The fourth-order valence-electron chi connectivity index (χ4n) is 2.20. The average Bonchev–Trinajstić information content (AvgIpc) is 2.50. The normalized spacial score (nSPS) is 12.2. The molecule has 1 aromatic heterocycles. The molecule has 0 aliphatic carbocycles. The molecule has 1 heterocycles. The zero-order valence-electron chi connectivity index (χ0n) is 12.1. The van der Waals surface area contributed by atoms with Crippen molar-refractivity contribution in [2.45, 2.75) is 19.4 Å². The van der Waals surface area contributed by atoms with E-state index in [1.165, 1.54) is 0 Å². The van der Waals surface area contributed by atoms with E-state index in [2.05, 4.69) is 17.2 Å². The Bertz CT molecular complexity index is 584. The van der Waals surface area contributed by atoms with E-state index in [9.17, 15) is 0 Å². The molecule has 0 saturated heterocycles. The predicted octanol–water partition coefficient (Wildman–Crippen LogP) is 4.49. The highest BCUT2D eigenvalue weighted by atomic mass is 35.5. The van der Waals surface area contributed by atoms with Crippen LogP contribution in [0.1, 0.15) is 30.6 Å². The van der Waals surface area contributed by atoms with Gasteiger partial charge in [0.1, 0.15) is 11.4 Å². The lowest BCUT2D eigenvalue weighted by molar-refractivity contribution is 0.400. The highest BCUT2D eigenvalue weighted by Crippen LogP contribution is 2.36. The maximum Gasteiger partial charge on any atom is 0.142 e. The summed E-state index contributed by atoms with van der Waals surface area (Å²) in [6.07, 6.45) is 2.73. The van der Waals surface area contributed by atoms with Gasteiger partial charge in [-0.25, -0.2) is 0 Å². The Morgan fingerprint density at radius 3 is 2.52 bits per heavy atom. The smallest absolute Gasteiger partial charge is 0.142 e. The van der Waals surface area contributed by atoms with Gasteiger partial charge in [0.05, 0.1) is 13.2 Å². The zero-order chi connectivity index (χ0) is 15.2. The average molecular weight is 325 g/mol. The van der Waals surface area contributed by atoms with Crippen LogP contribution < -0.4 is 10.1 Å². The number of methoxy groups -OCH3 is 1. The van der Waals surface area contributed by atoms with E-state index in [4.69, 9.17) is 27.9 Å². The molecule has 5 heteroatoms. The van der Waals surface area contributed by atoms with E-state index in [0.29, 0.717) is 15.8 Å². The Kier molecular flexibility index (Phi) is 5.85. The summed E-state index contributed by atoms with van der Waals surface area (Å²) in [7, 11) is 1.63. The van der Waals surface area contributed by atoms with Gasteiger partial charge < -0.3 is 10.1 Å². The lowest BCUT2D eigenvalue weighted by atomic mass is 10.0. The Hall–Kier alpha value is -1.29. The van der Waals surface area contributed by atoms with Gasteiger partial charge in [-0.2, -0.15) is 0 Å². The lowest BCUT2D eigenvalue weighted by Crippen LogP contribution is -2.25. The molecule has 1 unspecified atom stereocenters. The molecule has 0 aliphatic rings. The van der Waals surface area contributed by atoms with E-state index in [1.54, 1.807) is 13.3 Å². The van der Waals surface area contributed by atoms with Crippen LogP contribution in [0.25, 0.3) is 0 Å². The van der Waals surface area contributed by atoms with Crippen molar-refractivity contribution in [1.82, 2.24) is 10.3 Å². The molecule has 0 fully saturated rings. The number of hydrogen-bond donors (Lipinski definition) is 1. The van der Waals surface area contributed by atoms with Crippen molar-refractivity contribution < 1.29 is 4.74 Å². The van der Waals surface area contributed by atoms with Gasteiger partial charge >= 0.3 is 0 Å². The van der Waals surface area contributed by atoms with Crippen LogP contribution in [0.3, 0.4) is 0 Å². The Labute approximate surface area is 135 Å². The first kappa shape index (κ1) is 16.1. The van der Waals surface area contributed by atoms with E-state index in [-0.39, 0.29) is 6.04 Å². The number of nitrogens with zero attached hydrogens (tertiary/aromatic N) is 1. The minimum Gasteiger partial charge on any atom is -0.495 e. The first-order chi connectivity index (χ1) is 10.2. The molecule has 0 amide bonds. The molecule has 1 N–H and O–H groups in total. The number of halogens is 2. The molecule has 0 bridgehead atoms. The van der Waals surface area contributed by atoms with Crippen LogP contribution in [0.4, 0.5) is 0 Å². The van der Waals surface area contributed by atoms with Gasteiger partial charge in [0.25, 0.3) is 0 Å². The summed E-state index contributed by atoms with van der Waals surface area (Å²) in [5.41, 5.74) is 1.61. The number of ether oxygens (including phenoxy) is 1. The third-order valence-electron chi connectivity index (χ3n) is 3.18. The van der Waals surface area contributed by atoms with E-state index in [1.807, 2.05) is 30.3 Å². The van der Waals surface area contributed by atoms with E-state index >= 15 is 0 Å². The Balaban J connectivity index is 2.53. The summed E-state index contributed by atoms with van der Waals surface area (Å²) < 4.78 is 5.42. The van der Waals surface area contributed by atoms with Crippen molar-refractivity contribution in [3.8, 4) is 5.75 Å². The van der Waals surface area contributed by atoms with Gasteiger partial charge in [-0.3, -0.25) is 4.98 Å². The SMILES string of the molecule is CCCNC(c1ncccc1OC)c1c(Cl)cccc1Cl. The molecule has 1 atom stereocenters. The number of hydrogen-bond acceptors (Lipinski definition) is 3. The Morgan fingerprint density at radius 2 is 1.90 bits per heavy atom. The van der Waals surface area contributed by atoms with Gasteiger partial charge in [-0.15, -0.1) is 0 Å². The number of aromatic nitrogens is 1. The topological polar surface area (TPSA) is 34.2 Å². The largest absolute Gasteiger partial charge is 0.495 e. The lowest BCUT2D eigenvalue weighted by Gasteiger charge is -2.22. The Morgan fingerprint density at radius 1 is 1.19 bits per heavy atom. The van der Waals surface area contributed by atoms with Crippen LogP contribution in [0, 0.1) is 0 Å². The minimum atomic E-state index is -0.206. The summed E-state index contributed by atoms with van der Waals surface area (Å²) in [5, 5.41) is 4.68. The molecule has 112 valence electrons. The first-order valence-corrected chi connectivity index (χ1v) is 7.60. The van der Waals surface area contributed by atoms with Crippen molar-refractivity contribution in [2.24, 2.45) is 0 Å². The summed E-state index contributed by atoms with van der Waals surface area (Å²) in [4.78, 5) is 4.46. The van der Waals surface area contributed by atoms with Crippen LogP contribution in [0.5, 0.6) is 5.75 Å². The van der Waals surface area contributed by atoms with Gasteiger partial charge in [0.15, 0.2) is 0 Å². The molecule has 1 aromatic carbocycles. The number of rotatable bonds is 6. The van der Waals surface area contributed by atoms with Crippen LogP contribution in [0.15, 0.2) is 36.5 Å². The predicted molar refractivity (Wildman–Crippen MR) is 87.4 cm³/mol. The van der Waals surface area contributed by atoms with Gasteiger partial charge in [0.2, 0.25) is 0 Å². The molecular weight excluding hydrogens is 307 g/mol. The number of benzene rings is 1.